The summed E-state index contributed by atoms with van der Waals surface area (Å²) in [6, 6.07) is 13.7. The third kappa shape index (κ3) is 4.78. The van der Waals surface area contributed by atoms with Crippen molar-refractivity contribution >= 4 is 22.8 Å². The molecule has 8 heteroatoms. The van der Waals surface area contributed by atoms with Crippen LogP contribution in [-0.2, 0) is 9.53 Å². The fraction of sp³-hybridized carbons (Fsp3) is 0.238. The molecule has 0 saturated carbocycles. The molecular weight excluding hydrogens is 374 g/mol. The normalized spacial score (nSPS) is 11.7. The summed E-state index contributed by atoms with van der Waals surface area (Å²) in [5.74, 6) is -0.148. The van der Waals surface area contributed by atoms with E-state index in [0.717, 1.165) is 0 Å². The predicted octanol–water partition coefficient (Wildman–Crippen LogP) is 2.36. The van der Waals surface area contributed by atoms with Crippen molar-refractivity contribution in [2.45, 2.75) is 19.4 Å². The summed E-state index contributed by atoms with van der Waals surface area (Å²) < 4.78 is 10.5. The van der Waals surface area contributed by atoms with Crippen LogP contribution in [0.5, 0.6) is 5.75 Å². The Morgan fingerprint density at radius 2 is 1.86 bits per heavy atom. The topological polar surface area (TPSA) is 110 Å². The van der Waals surface area contributed by atoms with E-state index in [9.17, 15) is 14.4 Å². The zero-order valence-corrected chi connectivity index (χ0v) is 16.1. The number of carbonyl (C=O) groups excluding carboxylic acids is 2. The number of amides is 1. The molecule has 3 rings (SSSR count). The number of carbonyl (C=O) groups is 2. The van der Waals surface area contributed by atoms with Gasteiger partial charge in [0.25, 0.3) is 11.5 Å². The number of hydrogen-bond donors (Lipinski definition) is 2. The fourth-order valence-electron chi connectivity index (χ4n) is 2.81. The molecule has 1 aromatic heterocycles. The molecule has 29 heavy (non-hydrogen) atoms. The van der Waals surface area contributed by atoms with E-state index in [1.807, 2.05) is 0 Å². The van der Waals surface area contributed by atoms with Gasteiger partial charge < -0.3 is 19.8 Å². The molecular formula is C21H21N3O5. The number of H-pyrrole nitrogens is 1. The molecule has 1 heterocycles. The van der Waals surface area contributed by atoms with Crippen LogP contribution in [0.4, 0.5) is 0 Å². The van der Waals surface area contributed by atoms with Gasteiger partial charge in [0.1, 0.15) is 5.75 Å². The van der Waals surface area contributed by atoms with Crippen molar-refractivity contribution in [3.8, 4) is 5.75 Å². The number of nitrogens with one attached hydrogen (secondary N) is 2. The molecule has 150 valence electrons. The number of aromatic amines is 1. The first-order valence-corrected chi connectivity index (χ1v) is 9.09. The van der Waals surface area contributed by atoms with Crippen LogP contribution >= 0.6 is 0 Å². The Kier molecular flexibility index (Phi) is 6.23. The molecule has 0 saturated heterocycles. The van der Waals surface area contributed by atoms with E-state index in [1.165, 1.54) is 7.11 Å². The van der Waals surface area contributed by atoms with Crippen molar-refractivity contribution in [2.75, 3.05) is 13.7 Å². The standard InChI is InChI=1S/C21H21N3O5/c1-13(19-23-16-9-5-3-7-14(16)21(27)24-19)29-18(25)11-12-22-20(26)15-8-4-6-10-17(15)28-2/h3-10,13H,11-12H2,1-2H3,(H,22,26)(H,23,24,27)/t13-/m0/s1. The fourth-order valence-corrected chi connectivity index (χ4v) is 2.81. The zero-order valence-electron chi connectivity index (χ0n) is 16.1. The Bertz CT molecular complexity index is 1090. The molecule has 0 bridgehead atoms. The maximum absolute atomic E-state index is 12.2. The minimum Gasteiger partial charge on any atom is -0.496 e. The van der Waals surface area contributed by atoms with Crippen LogP contribution in [0.25, 0.3) is 10.9 Å². The lowest BCUT2D eigenvalue weighted by molar-refractivity contribution is -0.148. The number of benzene rings is 2. The van der Waals surface area contributed by atoms with E-state index in [4.69, 9.17) is 9.47 Å². The Morgan fingerprint density at radius 1 is 1.14 bits per heavy atom. The van der Waals surface area contributed by atoms with Gasteiger partial charge in [-0.2, -0.15) is 0 Å². The van der Waals surface area contributed by atoms with E-state index < -0.39 is 12.1 Å². The molecule has 8 nitrogen and oxygen atoms in total. The van der Waals surface area contributed by atoms with Crippen molar-refractivity contribution in [3.63, 3.8) is 0 Å². The molecule has 0 aliphatic rings. The van der Waals surface area contributed by atoms with Gasteiger partial charge in [0.05, 0.1) is 30.0 Å². The number of ether oxygens (including phenoxy) is 2. The molecule has 1 atom stereocenters. The van der Waals surface area contributed by atoms with Gasteiger partial charge in [-0.15, -0.1) is 0 Å². The van der Waals surface area contributed by atoms with E-state index in [-0.39, 0.29) is 30.3 Å². The van der Waals surface area contributed by atoms with E-state index in [2.05, 4.69) is 15.3 Å². The first-order chi connectivity index (χ1) is 14.0. The predicted molar refractivity (Wildman–Crippen MR) is 107 cm³/mol. The van der Waals surface area contributed by atoms with Gasteiger partial charge in [0.2, 0.25) is 0 Å². The van der Waals surface area contributed by atoms with Crippen LogP contribution < -0.4 is 15.6 Å². The average Bonchev–Trinajstić information content (AvgIpc) is 2.73. The minimum absolute atomic E-state index is 0.0248. The quantitative estimate of drug-likeness (QED) is 0.594. The molecule has 0 aliphatic heterocycles. The maximum Gasteiger partial charge on any atom is 0.308 e. The van der Waals surface area contributed by atoms with Gasteiger partial charge in [-0.05, 0) is 31.2 Å². The Labute approximate surface area is 166 Å². The molecule has 0 radical (unpaired) electrons. The summed E-state index contributed by atoms with van der Waals surface area (Å²) in [5, 5.41) is 3.12. The van der Waals surface area contributed by atoms with Gasteiger partial charge in [-0.3, -0.25) is 14.4 Å². The molecule has 0 aliphatic carbocycles. The number of hydrogen-bond acceptors (Lipinski definition) is 6. The summed E-state index contributed by atoms with van der Waals surface area (Å²) in [5.41, 5.74) is 0.616. The van der Waals surface area contributed by atoms with Crippen molar-refractivity contribution in [1.29, 1.82) is 0 Å². The lowest BCUT2D eigenvalue weighted by Crippen LogP contribution is -2.27. The average molecular weight is 395 g/mol. The van der Waals surface area contributed by atoms with E-state index in [0.29, 0.717) is 22.2 Å². The molecule has 0 spiro atoms. The summed E-state index contributed by atoms with van der Waals surface area (Å²) in [6.45, 7) is 1.72. The van der Waals surface area contributed by atoms with Crippen molar-refractivity contribution in [2.24, 2.45) is 0 Å². The monoisotopic (exact) mass is 395 g/mol. The first-order valence-electron chi connectivity index (χ1n) is 9.09. The highest BCUT2D eigenvalue weighted by Gasteiger charge is 2.16. The molecule has 0 fully saturated rings. The number of para-hydroxylation sites is 2. The lowest BCUT2D eigenvalue weighted by Gasteiger charge is -2.13. The SMILES string of the molecule is COc1ccccc1C(=O)NCCC(=O)O[C@@H](C)c1nc2ccccc2c(=O)[nH]1. The Hall–Kier alpha value is -3.68. The molecule has 2 N–H and O–H groups in total. The zero-order chi connectivity index (χ0) is 20.8. The molecule has 0 unspecified atom stereocenters. The van der Waals surface area contributed by atoms with Gasteiger partial charge in [0, 0.05) is 6.54 Å². The Balaban J connectivity index is 1.55. The third-order valence-electron chi connectivity index (χ3n) is 4.29. The van der Waals surface area contributed by atoms with E-state index in [1.54, 1.807) is 55.5 Å². The van der Waals surface area contributed by atoms with E-state index >= 15 is 0 Å². The summed E-state index contributed by atoms with van der Waals surface area (Å²) >= 11 is 0. The second-order valence-electron chi connectivity index (χ2n) is 6.31. The first kappa shape index (κ1) is 20.1. The van der Waals surface area contributed by atoms with Gasteiger partial charge >= 0.3 is 5.97 Å². The number of fused-ring (bicyclic) bond motifs is 1. The van der Waals surface area contributed by atoms with Gasteiger partial charge in [0.15, 0.2) is 11.9 Å². The van der Waals surface area contributed by atoms with Crippen LogP contribution in [0.3, 0.4) is 0 Å². The highest BCUT2D eigenvalue weighted by Crippen LogP contribution is 2.17. The highest BCUT2D eigenvalue weighted by molar-refractivity contribution is 5.97. The Morgan fingerprint density at radius 3 is 2.66 bits per heavy atom. The van der Waals surface area contributed by atoms with Crippen LogP contribution in [0.1, 0.15) is 35.6 Å². The van der Waals surface area contributed by atoms with Crippen LogP contribution in [-0.4, -0.2) is 35.5 Å². The number of aromatic nitrogens is 2. The van der Waals surface area contributed by atoms with Crippen molar-refractivity contribution in [3.05, 3.63) is 70.3 Å². The second-order valence-corrected chi connectivity index (χ2v) is 6.31. The van der Waals surface area contributed by atoms with Crippen LogP contribution in [0.15, 0.2) is 53.3 Å². The summed E-state index contributed by atoms with van der Waals surface area (Å²) in [4.78, 5) is 43.4. The lowest BCUT2D eigenvalue weighted by atomic mass is 10.2. The highest BCUT2D eigenvalue weighted by atomic mass is 16.5. The van der Waals surface area contributed by atoms with Gasteiger partial charge in [-0.1, -0.05) is 24.3 Å². The number of nitrogens with zero attached hydrogens (tertiary/aromatic N) is 1. The maximum atomic E-state index is 12.2. The third-order valence-corrected chi connectivity index (χ3v) is 4.29. The van der Waals surface area contributed by atoms with Crippen molar-refractivity contribution in [1.82, 2.24) is 15.3 Å². The molecule has 2 aromatic carbocycles. The summed E-state index contributed by atoms with van der Waals surface area (Å²) in [6.07, 6.45) is -0.756. The number of rotatable bonds is 7. The smallest absolute Gasteiger partial charge is 0.308 e. The largest absolute Gasteiger partial charge is 0.496 e. The summed E-state index contributed by atoms with van der Waals surface area (Å²) in [7, 11) is 1.48. The number of esters is 1. The molecule has 1 amide bonds. The molecule has 3 aromatic rings. The second kappa shape index (κ2) is 9.01. The van der Waals surface area contributed by atoms with Crippen LogP contribution in [0.2, 0.25) is 0 Å². The van der Waals surface area contributed by atoms with Crippen LogP contribution in [0, 0.1) is 0 Å². The number of methoxy groups -OCH3 is 1. The minimum atomic E-state index is -0.732. The van der Waals surface area contributed by atoms with Gasteiger partial charge in [-0.25, -0.2) is 4.98 Å². The van der Waals surface area contributed by atoms with Crippen molar-refractivity contribution < 1.29 is 19.1 Å².